The fourth-order valence-electron chi connectivity index (χ4n) is 0.707. The lowest BCUT2D eigenvalue weighted by atomic mass is 10.4. The smallest absolute Gasteiger partial charge is 0.244 e. The molecular formula is C8H10N2OS. The Bertz CT molecular complexity index is 250. The number of benzene rings is 1. The molecule has 0 atom stereocenters. The van der Waals surface area contributed by atoms with Gasteiger partial charge in [-0.25, -0.2) is 5.84 Å². The van der Waals surface area contributed by atoms with E-state index >= 15 is 0 Å². The lowest BCUT2D eigenvalue weighted by Crippen LogP contribution is -2.31. The van der Waals surface area contributed by atoms with Crippen molar-refractivity contribution >= 4 is 17.7 Å². The number of carbonyl (C=O) groups excluding carboxylic acids is 1. The number of carbonyl (C=O) groups is 1. The zero-order valence-electron chi connectivity index (χ0n) is 6.49. The number of nitrogens with one attached hydrogen (secondary N) is 1. The molecule has 4 heteroatoms. The van der Waals surface area contributed by atoms with Gasteiger partial charge >= 0.3 is 0 Å². The lowest BCUT2D eigenvalue weighted by molar-refractivity contribution is -0.118. The van der Waals surface area contributed by atoms with Crippen molar-refractivity contribution in [2.45, 2.75) is 4.90 Å². The van der Waals surface area contributed by atoms with E-state index in [2.05, 4.69) is 5.43 Å². The molecule has 0 fully saturated rings. The van der Waals surface area contributed by atoms with Crippen molar-refractivity contribution in [3.63, 3.8) is 0 Å². The molecule has 0 aliphatic heterocycles. The Morgan fingerprint density at radius 1 is 1.42 bits per heavy atom. The van der Waals surface area contributed by atoms with E-state index in [1.165, 1.54) is 11.8 Å². The molecule has 1 amide bonds. The van der Waals surface area contributed by atoms with Crippen molar-refractivity contribution in [2.75, 3.05) is 5.75 Å². The molecule has 1 aromatic carbocycles. The van der Waals surface area contributed by atoms with Crippen molar-refractivity contribution in [3.05, 3.63) is 30.3 Å². The molecule has 0 saturated carbocycles. The fraction of sp³-hybridized carbons (Fsp3) is 0.125. The number of nitrogens with two attached hydrogens (primary N) is 1. The first kappa shape index (κ1) is 9.09. The Morgan fingerprint density at radius 2 is 2.08 bits per heavy atom. The van der Waals surface area contributed by atoms with Crippen LogP contribution in [0.5, 0.6) is 0 Å². The molecule has 0 spiro atoms. The molecule has 0 unspecified atom stereocenters. The predicted octanol–water partition coefficient (Wildman–Crippen LogP) is 0.769. The zero-order valence-corrected chi connectivity index (χ0v) is 7.30. The molecule has 0 bridgehead atoms. The van der Waals surface area contributed by atoms with E-state index in [9.17, 15) is 4.79 Å². The van der Waals surface area contributed by atoms with E-state index in [1.807, 2.05) is 30.3 Å². The van der Waals surface area contributed by atoms with Gasteiger partial charge in [0.15, 0.2) is 0 Å². The van der Waals surface area contributed by atoms with E-state index in [4.69, 9.17) is 5.84 Å². The summed E-state index contributed by atoms with van der Waals surface area (Å²) in [6.07, 6.45) is 0. The minimum absolute atomic E-state index is 0.163. The largest absolute Gasteiger partial charge is 0.294 e. The molecular weight excluding hydrogens is 172 g/mol. The van der Waals surface area contributed by atoms with Crippen LogP contribution in [0.1, 0.15) is 0 Å². The summed E-state index contributed by atoms with van der Waals surface area (Å²) in [5.41, 5.74) is 2.08. The zero-order chi connectivity index (χ0) is 8.81. The highest BCUT2D eigenvalue weighted by atomic mass is 32.2. The second-order valence-corrected chi connectivity index (χ2v) is 3.22. The topological polar surface area (TPSA) is 55.1 Å². The highest BCUT2D eigenvalue weighted by Gasteiger charge is 1.98. The lowest BCUT2D eigenvalue weighted by Gasteiger charge is -1.98. The Hall–Kier alpha value is -1.00. The van der Waals surface area contributed by atoms with Gasteiger partial charge in [-0.15, -0.1) is 11.8 Å². The van der Waals surface area contributed by atoms with E-state index in [0.29, 0.717) is 5.75 Å². The van der Waals surface area contributed by atoms with Crippen molar-refractivity contribution in [2.24, 2.45) is 5.84 Å². The van der Waals surface area contributed by atoms with Crippen molar-refractivity contribution in [1.29, 1.82) is 0 Å². The van der Waals surface area contributed by atoms with Crippen molar-refractivity contribution in [3.8, 4) is 0 Å². The van der Waals surface area contributed by atoms with E-state index in [-0.39, 0.29) is 5.91 Å². The number of rotatable bonds is 3. The van der Waals surface area contributed by atoms with Gasteiger partial charge in [0.05, 0.1) is 5.75 Å². The summed E-state index contributed by atoms with van der Waals surface area (Å²) in [4.78, 5) is 11.8. The average Bonchev–Trinajstić information content (AvgIpc) is 2.16. The Morgan fingerprint density at radius 3 is 2.67 bits per heavy atom. The number of hydrogen-bond acceptors (Lipinski definition) is 3. The molecule has 0 radical (unpaired) electrons. The molecule has 0 saturated heterocycles. The highest BCUT2D eigenvalue weighted by Crippen LogP contribution is 2.15. The first-order chi connectivity index (χ1) is 5.83. The third kappa shape index (κ3) is 2.94. The minimum atomic E-state index is -0.163. The number of thioether (sulfide) groups is 1. The number of hydrogen-bond donors (Lipinski definition) is 2. The molecule has 1 rings (SSSR count). The third-order valence-electron chi connectivity index (χ3n) is 1.27. The Labute approximate surface area is 75.3 Å². The maximum absolute atomic E-state index is 10.7. The standard InChI is InChI=1S/C8H10N2OS/c9-10-8(11)6-12-7-4-2-1-3-5-7/h1-5H,6,9H2,(H,10,11). The second kappa shape index (κ2) is 4.79. The summed E-state index contributed by atoms with van der Waals surface area (Å²) in [7, 11) is 0. The average molecular weight is 182 g/mol. The molecule has 0 aromatic heterocycles. The third-order valence-corrected chi connectivity index (χ3v) is 2.29. The van der Waals surface area contributed by atoms with Crippen LogP contribution >= 0.6 is 11.8 Å². The maximum Gasteiger partial charge on any atom is 0.244 e. The van der Waals surface area contributed by atoms with Crippen LogP contribution in [-0.4, -0.2) is 11.7 Å². The number of amides is 1. The molecule has 0 aliphatic rings. The summed E-state index contributed by atoms with van der Waals surface area (Å²) in [5, 5.41) is 0. The summed E-state index contributed by atoms with van der Waals surface area (Å²) < 4.78 is 0. The van der Waals surface area contributed by atoms with E-state index in [1.54, 1.807) is 0 Å². The molecule has 64 valence electrons. The monoisotopic (exact) mass is 182 g/mol. The molecule has 0 aliphatic carbocycles. The van der Waals surface area contributed by atoms with Crippen LogP contribution in [0.3, 0.4) is 0 Å². The summed E-state index contributed by atoms with van der Waals surface area (Å²) in [5.74, 6) is 5.12. The normalized spacial score (nSPS) is 9.42. The molecule has 12 heavy (non-hydrogen) atoms. The van der Waals surface area contributed by atoms with Crippen LogP contribution < -0.4 is 11.3 Å². The van der Waals surface area contributed by atoms with Crippen LogP contribution in [0.4, 0.5) is 0 Å². The first-order valence-corrected chi connectivity index (χ1v) is 4.49. The van der Waals surface area contributed by atoms with Gasteiger partial charge in [-0.2, -0.15) is 0 Å². The van der Waals surface area contributed by atoms with E-state index < -0.39 is 0 Å². The van der Waals surface area contributed by atoms with Crippen LogP contribution in [0.2, 0.25) is 0 Å². The van der Waals surface area contributed by atoms with Crippen LogP contribution in [0.25, 0.3) is 0 Å². The number of hydrazine groups is 1. The van der Waals surface area contributed by atoms with Gasteiger partial charge in [-0.3, -0.25) is 10.2 Å². The van der Waals surface area contributed by atoms with Crippen molar-refractivity contribution in [1.82, 2.24) is 5.43 Å². The van der Waals surface area contributed by atoms with Gasteiger partial charge in [0.25, 0.3) is 0 Å². The Kier molecular flexibility index (Phi) is 3.63. The van der Waals surface area contributed by atoms with Crippen LogP contribution in [0.15, 0.2) is 35.2 Å². The quantitative estimate of drug-likeness (QED) is 0.314. The molecule has 1 aromatic rings. The van der Waals surface area contributed by atoms with Crippen molar-refractivity contribution < 1.29 is 4.79 Å². The predicted molar refractivity (Wildman–Crippen MR) is 49.5 cm³/mol. The SMILES string of the molecule is NNC(=O)CSc1ccccc1. The van der Waals surface area contributed by atoms with Gasteiger partial charge < -0.3 is 0 Å². The summed E-state index contributed by atoms with van der Waals surface area (Å²) in [6, 6.07) is 9.71. The van der Waals surface area contributed by atoms with E-state index in [0.717, 1.165) is 4.90 Å². The van der Waals surface area contributed by atoms with Gasteiger partial charge in [0.2, 0.25) is 5.91 Å². The molecule has 3 nitrogen and oxygen atoms in total. The molecule has 3 N–H and O–H groups in total. The highest BCUT2D eigenvalue weighted by molar-refractivity contribution is 8.00. The van der Waals surface area contributed by atoms with Gasteiger partial charge in [-0.05, 0) is 12.1 Å². The van der Waals surface area contributed by atoms with Gasteiger partial charge in [0, 0.05) is 4.90 Å². The summed E-state index contributed by atoms with van der Waals surface area (Å²) >= 11 is 1.46. The summed E-state index contributed by atoms with van der Waals surface area (Å²) in [6.45, 7) is 0. The Balaban J connectivity index is 2.38. The fourth-order valence-corrected chi connectivity index (χ4v) is 1.44. The molecule has 0 heterocycles. The maximum atomic E-state index is 10.7. The second-order valence-electron chi connectivity index (χ2n) is 2.17. The van der Waals surface area contributed by atoms with Crippen LogP contribution in [0, 0.1) is 0 Å². The first-order valence-electron chi connectivity index (χ1n) is 3.50. The van der Waals surface area contributed by atoms with Crippen LogP contribution in [-0.2, 0) is 4.79 Å². The van der Waals surface area contributed by atoms with Gasteiger partial charge in [-0.1, -0.05) is 18.2 Å². The van der Waals surface area contributed by atoms with Gasteiger partial charge in [0.1, 0.15) is 0 Å². The minimum Gasteiger partial charge on any atom is -0.294 e.